The molecular formula is C18H15Cl2NO3S. The van der Waals surface area contributed by atoms with Gasteiger partial charge in [0.05, 0.1) is 22.8 Å². The summed E-state index contributed by atoms with van der Waals surface area (Å²) in [4.78, 5) is 0.141. The molecule has 2 aromatic rings. The number of sulfone groups is 1. The van der Waals surface area contributed by atoms with Crippen molar-refractivity contribution < 1.29 is 13.2 Å². The number of benzene rings is 2. The van der Waals surface area contributed by atoms with Crippen LogP contribution in [0.2, 0.25) is 10.0 Å². The van der Waals surface area contributed by atoms with Crippen LogP contribution >= 0.6 is 23.2 Å². The Morgan fingerprint density at radius 3 is 2.40 bits per heavy atom. The van der Waals surface area contributed by atoms with E-state index in [1.54, 1.807) is 24.3 Å². The highest BCUT2D eigenvalue weighted by Gasteiger charge is 2.72. The third-order valence-corrected chi connectivity index (χ3v) is 7.31. The average molecular weight is 396 g/mol. The van der Waals surface area contributed by atoms with Crippen LogP contribution in [-0.4, -0.2) is 27.4 Å². The Morgan fingerprint density at radius 2 is 1.84 bits per heavy atom. The molecule has 1 fully saturated rings. The molecule has 2 aromatic carbocycles. The minimum atomic E-state index is -3.74. The van der Waals surface area contributed by atoms with Gasteiger partial charge in [-0.05, 0) is 42.0 Å². The van der Waals surface area contributed by atoms with E-state index in [0.29, 0.717) is 15.6 Å². The van der Waals surface area contributed by atoms with Crippen LogP contribution < -0.4 is 0 Å². The topological polar surface area (TPSA) is 67.2 Å². The summed E-state index contributed by atoms with van der Waals surface area (Å²) in [6.07, 6.45) is 0. The number of nitriles is 1. The van der Waals surface area contributed by atoms with Crippen LogP contribution in [-0.2, 0) is 14.6 Å². The fourth-order valence-electron chi connectivity index (χ4n) is 3.38. The molecule has 0 heterocycles. The lowest BCUT2D eigenvalue weighted by Crippen LogP contribution is -2.19. The molecule has 0 unspecified atom stereocenters. The zero-order valence-corrected chi connectivity index (χ0v) is 15.6. The Balaban J connectivity index is 2.09. The third-order valence-electron chi connectivity index (χ3n) is 4.53. The van der Waals surface area contributed by atoms with E-state index in [-0.39, 0.29) is 11.5 Å². The summed E-state index contributed by atoms with van der Waals surface area (Å²) in [5.41, 5.74) is -0.425. The second kappa shape index (κ2) is 6.62. The van der Waals surface area contributed by atoms with Gasteiger partial charge in [0.1, 0.15) is 5.41 Å². The van der Waals surface area contributed by atoms with E-state index >= 15 is 0 Å². The fraction of sp³-hybridized carbons (Fsp3) is 0.278. The zero-order chi connectivity index (χ0) is 18.2. The Hall–Kier alpha value is -1.58. The van der Waals surface area contributed by atoms with Crippen LogP contribution in [0.25, 0.3) is 0 Å². The number of halogens is 2. The molecule has 0 saturated heterocycles. The Morgan fingerprint density at radius 1 is 1.16 bits per heavy atom. The lowest BCUT2D eigenvalue weighted by molar-refractivity contribution is 0.162. The van der Waals surface area contributed by atoms with Gasteiger partial charge in [-0.15, -0.1) is 0 Å². The van der Waals surface area contributed by atoms with Gasteiger partial charge in [0, 0.05) is 23.1 Å². The van der Waals surface area contributed by atoms with Gasteiger partial charge in [0.15, 0.2) is 9.84 Å². The summed E-state index contributed by atoms with van der Waals surface area (Å²) in [5, 5.41) is 9.81. The van der Waals surface area contributed by atoms with Crippen LogP contribution in [0.1, 0.15) is 11.5 Å². The molecule has 25 heavy (non-hydrogen) atoms. The van der Waals surface area contributed by atoms with Crippen LogP contribution in [0.5, 0.6) is 0 Å². The molecule has 0 bridgehead atoms. The Labute approximate surface area is 156 Å². The molecule has 0 radical (unpaired) electrons. The third kappa shape index (κ3) is 3.04. The molecule has 3 atom stereocenters. The Bertz CT molecular complexity index is 938. The summed E-state index contributed by atoms with van der Waals surface area (Å²) < 4.78 is 31.5. The largest absolute Gasteiger partial charge is 0.383 e. The average Bonchev–Trinajstić information content (AvgIpc) is 3.26. The highest BCUT2D eigenvalue weighted by molar-refractivity contribution is 7.92. The van der Waals surface area contributed by atoms with Crippen molar-refractivity contribution in [2.24, 2.45) is 5.41 Å². The molecule has 0 aliphatic heterocycles. The van der Waals surface area contributed by atoms with Crippen molar-refractivity contribution in [3.05, 3.63) is 64.1 Å². The van der Waals surface area contributed by atoms with Crippen molar-refractivity contribution in [2.45, 2.75) is 16.1 Å². The highest BCUT2D eigenvalue weighted by Crippen LogP contribution is 2.64. The van der Waals surface area contributed by atoms with E-state index in [9.17, 15) is 13.7 Å². The standard InChI is InChI=1S/C18H15Cl2NO3S/c1-24-11-18(10-21)16(12-3-2-4-14(20)9-12)17(18)25(22,23)15-7-5-13(19)6-8-15/h2-9,16-17H,11H2,1H3/t16-,17-,18+/m0/s1. The van der Waals surface area contributed by atoms with Gasteiger partial charge < -0.3 is 4.74 Å². The summed E-state index contributed by atoms with van der Waals surface area (Å²) >= 11 is 11.9. The second-order valence-electron chi connectivity index (χ2n) is 6.04. The number of rotatable bonds is 5. The lowest BCUT2D eigenvalue weighted by Gasteiger charge is -2.08. The zero-order valence-electron chi connectivity index (χ0n) is 13.3. The first kappa shape index (κ1) is 18.2. The molecule has 0 N–H and O–H groups in total. The van der Waals surface area contributed by atoms with E-state index in [2.05, 4.69) is 6.07 Å². The van der Waals surface area contributed by atoms with Crippen LogP contribution in [0.15, 0.2) is 53.4 Å². The maximum Gasteiger partial charge on any atom is 0.183 e. The van der Waals surface area contributed by atoms with Gasteiger partial charge in [0.25, 0.3) is 0 Å². The monoisotopic (exact) mass is 395 g/mol. The SMILES string of the molecule is COC[C@]1(C#N)[C@@H](c2cccc(Cl)c2)[C@@H]1S(=O)(=O)c1ccc(Cl)cc1. The molecule has 3 rings (SSSR count). The molecule has 0 amide bonds. The fourth-order valence-corrected chi connectivity index (χ4v) is 6.01. The minimum absolute atomic E-state index is 0.0260. The summed E-state index contributed by atoms with van der Waals surface area (Å²) in [6, 6.07) is 15.1. The van der Waals surface area contributed by atoms with Gasteiger partial charge in [-0.1, -0.05) is 35.3 Å². The van der Waals surface area contributed by atoms with Crippen molar-refractivity contribution in [2.75, 3.05) is 13.7 Å². The van der Waals surface area contributed by atoms with Crippen molar-refractivity contribution in [1.29, 1.82) is 5.26 Å². The number of hydrogen-bond acceptors (Lipinski definition) is 4. The molecule has 1 aliphatic rings. The van der Waals surface area contributed by atoms with Gasteiger partial charge in [-0.25, -0.2) is 8.42 Å². The molecular weight excluding hydrogens is 381 g/mol. The first-order valence-corrected chi connectivity index (χ1v) is 9.82. The Kier molecular flexibility index (Phi) is 4.82. The van der Waals surface area contributed by atoms with Crippen molar-refractivity contribution in [1.82, 2.24) is 0 Å². The van der Waals surface area contributed by atoms with E-state index in [0.717, 1.165) is 0 Å². The van der Waals surface area contributed by atoms with Crippen LogP contribution in [0.3, 0.4) is 0 Å². The quantitative estimate of drug-likeness (QED) is 0.764. The van der Waals surface area contributed by atoms with Gasteiger partial charge in [-0.3, -0.25) is 0 Å². The minimum Gasteiger partial charge on any atom is -0.383 e. The first-order chi connectivity index (χ1) is 11.9. The van der Waals surface area contributed by atoms with E-state index in [1.165, 1.54) is 31.4 Å². The summed E-state index contributed by atoms with van der Waals surface area (Å²) in [7, 11) is -2.28. The molecule has 1 aliphatic carbocycles. The second-order valence-corrected chi connectivity index (χ2v) is 8.98. The van der Waals surface area contributed by atoms with Crippen molar-refractivity contribution >= 4 is 33.0 Å². The molecule has 4 nitrogen and oxygen atoms in total. The van der Waals surface area contributed by atoms with Crippen LogP contribution in [0.4, 0.5) is 0 Å². The predicted octanol–water partition coefficient (Wildman–Crippen LogP) is 4.09. The number of nitrogens with zero attached hydrogens (tertiary/aromatic N) is 1. The van der Waals surface area contributed by atoms with E-state index in [4.69, 9.17) is 27.9 Å². The highest BCUT2D eigenvalue weighted by atomic mass is 35.5. The molecule has 0 spiro atoms. The smallest absolute Gasteiger partial charge is 0.183 e. The number of hydrogen-bond donors (Lipinski definition) is 0. The maximum absolute atomic E-state index is 13.1. The van der Waals surface area contributed by atoms with E-state index in [1.807, 2.05) is 0 Å². The molecule has 1 saturated carbocycles. The molecule has 130 valence electrons. The van der Waals surface area contributed by atoms with Gasteiger partial charge in [0.2, 0.25) is 0 Å². The van der Waals surface area contributed by atoms with Crippen LogP contribution in [0, 0.1) is 16.7 Å². The van der Waals surface area contributed by atoms with Crippen molar-refractivity contribution in [3.63, 3.8) is 0 Å². The predicted molar refractivity (Wildman–Crippen MR) is 96.5 cm³/mol. The lowest BCUT2D eigenvalue weighted by atomic mass is 10.0. The number of ether oxygens (including phenoxy) is 1. The van der Waals surface area contributed by atoms with Gasteiger partial charge >= 0.3 is 0 Å². The molecule has 0 aromatic heterocycles. The normalized spacial score (nSPS) is 25.4. The van der Waals surface area contributed by atoms with E-state index < -0.39 is 26.4 Å². The first-order valence-electron chi connectivity index (χ1n) is 7.52. The molecule has 7 heteroatoms. The number of methoxy groups -OCH3 is 1. The van der Waals surface area contributed by atoms with Gasteiger partial charge in [-0.2, -0.15) is 5.26 Å². The summed E-state index contributed by atoms with van der Waals surface area (Å²) in [6.45, 7) is 0.0260. The maximum atomic E-state index is 13.1. The van der Waals surface area contributed by atoms with Crippen molar-refractivity contribution in [3.8, 4) is 6.07 Å². The summed E-state index contributed by atoms with van der Waals surface area (Å²) in [5.74, 6) is -0.503.